The fourth-order valence-electron chi connectivity index (χ4n) is 1.56. The molecule has 0 heterocycles. The maximum absolute atomic E-state index is 12.8. The molecule has 0 spiro atoms. The lowest BCUT2D eigenvalue weighted by molar-refractivity contribution is 0.102. The predicted molar refractivity (Wildman–Crippen MR) is 77.3 cm³/mol. The van der Waals surface area contributed by atoms with Crippen LogP contribution in [0, 0.1) is 5.82 Å². The van der Waals surface area contributed by atoms with E-state index in [-0.39, 0.29) is 17.1 Å². The summed E-state index contributed by atoms with van der Waals surface area (Å²) in [6.45, 7) is 0. The van der Waals surface area contributed by atoms with Crippen LogP contribution in [-0.2, 0) is 0 Å². The molecule has 0 atom stereocenters. The Hall–Kier alpha value is -2.37. The Morgan fingerprint density at radius 1 is 1.25 bits per heavy atom. The highest BCUT2D eigenvalue weighted by Gasteiger charge is 2.11. The lowest BCUT2D eigenvalue weighted by Crippen LogP contribution is -2.12. The maximum Gasteiger partial charge on any atom is 0.256 e. The number of benzene rings is 2. The van der Waals surface area contributed by atoms with Gasteiger partial charge in [-0.2, -0.15) is 0 Å². The van der Waals surface area contributed by atoms with Crippen LogP contribution in [0.3, 0.4) is 0 Å². The largest absolute Gasteiger partial charge is 0.322 e. The number of anilines is 1. The number of hydrogen-bond donors (Lipinski definition) is 1. The van der Waals surface area contributed by atoms with Crippen molar-refractivity contribution in [1.29, 1.82) is 0 Å². The molecule has 2 aromatic carbocycles. The third-order valence-corrected chi connectivity index (χ3v) is 2.95. The topological polar surface area (TPSA) is 77.9 Å². The molecular weight excluding hydrogens is 327 g/mol. The summed E-state index contributed by atoms with van der Waals surface area (Å²) in [7, 11) is 0. The van der Waals surface area contributed by atoms with Crippen LogP contribution >= 0.6 is 15.9 Å². The van der Waals surface area contributed by atoms with E-state index >= 15 is 0 Å². The SMILES string of the molecule is [N-]=[N+]=Nc1cc(Br)ccc1C(=O)Nc1ccc(F)cc1. The Labute approximate surface area is 122 Å². The minimum Gasteiger partial charge on any atom is -0.322 e. The van der Waals surface area contributed by atoms with E-state index in [9.17, 15) is 9.18 Å². The molecule has 0 saturated carbocycles. The van der Waals surface area contributed by atoms with Crippen LogP contribution in [0.4, 0.5) is 15.8 Å². The normalized spacial score (nSPS) is 9.70. The summed E-state index contributed by atoms with van der Waals surface area (Å²) < 4.78 is 13.5. The number of halogens is 2. The lowest BCUT2D eigenvalue weighted by atomic mass is 10.1. The smallest absolute Gasteiger partial charge is 0.256 e. The molecule has 0 radical (unpaired) electrons. The highest BCUT2D eigenvalue weighted by atomic mass is 79.9. The Morgan fingerprint density at radius 2 is 1.95 bits per heavy atom. The van der Waals surface area contributed by atoms with Crippen molar-refractivity contribution in [2.45, 2.75) is 0 Å². The van der Waals surface area contributed by atoms with Gasteiger partial charge in [0.1, 0.15) is 5.82 Å². The molecule has 0 saturated heterocycles. The van der Waals surface area contributed by atoms with Crippen molar-refractivity contribution < 1.29 is 9.18 Å². The fraction of sp³-hybridized carbons (Fsp3) is 0. The molecule has 0 aliphatic heterocycles. The molecule has 100 valence electrons. The molecule has 0 aliphatic carbocycles. The number of nitrogens with zero attached hydrogens (tertiary/aromatic N) is 3. The van der Waals surface area contributed by atoms with E-state index in [1.807, 2.05) is 0 Å². The van der Waals surface area contributed by atoms with Gasteiger partial charge in [-0.3, -0.25) is 4.79 Å². The Bertz CT molecular complexity index is 696. The van der Waals surface area contributed by atoms with Crippen molar-refractivity contribution in [3.05, 3.63) is 68.8 Å². The molecule has 7 heteroatoms. The van der Waals surface area contributed by atoms with Gasteiger partial charge in [0.15, 0.2) is 0 Å². The van der Waals surface area contributed by atoms with Crippen molar-refractivity contribution in [2.75, 3.05) is 5.32 Å². The quantitative estimate of drug-likeness (QED) is 0.489. The van der Waals surface area contributed by atoms with Gasteiger partial charge in [0.05, 0.1) is 5.69 Å². The second kappa shape index (κ2) is 6.18. The molecule has 5 nitrogen and oxygen atoms in total. The van der Waals surface area contributed by atoms with E-state index in [0.717, 1.165) is 0 Å². The zero-order valence-electron chi connectivity index (χ0n) is 10.0. The minimum absolute atomic E-state index is 0.210. The second-order valence-electron chi connectivity index (χ2n) is 3.81. The van der Waals surface area contributed by atoms with E-state index in [2.05, 4.69) is 31.3 Å². The van der Waals surface area contributed by atoms with Gasteiger partial charge in [0.2, 0.25) is 0 Å². The number of nitrogens with one attached hydrogen (secondary N) is 1. The van der Waals surface area contributed by atoms with Gasteiger partial charge in [0, 0.05) is 20.6 Å². The van der Waals surface area contributed by atoms with Crippen molar-refractivity contribution in [3.63, 3.8) is 0 Å². The van der Waals surface area contributed by atoms with Crippen LogP contribution in [0.2, 0.25) is 0 Å². The zero-order valence-corrected chi connectivity index (χ0v) is 11.6. The van der Waals surface area contributed by atoms with Crippen molar-refractivity contribution in [2.24, 2.45) is 5.11 Å². The van der Waals surface area contributed by atoms with Crippen LogP contribution < -0.4 is 5.32 Å². The van der Waals surface area contributed by atoms with Crippen molar-refractivity contribution in [1.82, 2.24) is 0 Å². The van der Waals surface area contributed by atoms with Gasteiger partial charge in [0.25, 0.3) is 5.91 Å². The van der Waals surface area contributed by atoms with E-state index < -0.39 is 5.91 Å². The van der Waals surface area contributed by atoms with Gasteiger partial charge in [-0.05, 0) is 48.0 Å². The van der Waals surface area contributed by atoms with Crippen molar-refractivity contribution >= 4 is 33.2 Å². The van der Waals surface area contributed by atoms with Gasteiger partial charge in [-0.15, -0.1) is 0 Å². The zero-order chi connectivity index (χ0) is 14.5. The number of rotatable bonds is 3. The van der Waals surface area contributed by atoms with E-state index in [1.165, 1.54) is 30.3 Å². The number of carbonyl (C=O) groups excluding carboxylic acids is 1. The van der Waals surface area contributed by atoms with Crippen LogP contribution in [-0.4, -0.2) is 5.91 Å². The van der Waals surface area contributed by atoms with E-state index in [4.69, 9.17) is 5.53 Å². The molecule has 1 amide bonds. The molecule has 0 aromatic heterocycles. The monoisotopic (exact) mass is 334 g/mol. The minimum atomic E-state index is -0.438. The Balaban J connectivity index is 2.29. The average molecular weight is 335 g/mol. The highest BCUT2D eigenvalue weighted by Crippen LogP contribution is 2.25. The predicted octanol–water partition coefficient (Wildman–Crippen LogP) is 4.78. The molecule has 2 rings (SSSR count). The van der Waals surface area contributed by atoms with Crippen LogP contribution in [0.1, 0.15) is 10.4 Å². The maximum atomic E-state index is 12.8. The average Bonchev–Trinajstić information content (AvgIpc) is 2.42. The number of hydrogen-bond acceptors (Lipinski definition) is 2. The molecule has 1 N–H and O–H groups in total. The van der Waals surface area contributed by atoms with E-state index in [1.54, 1.807) is 12.1 Å². The summed E-state index contributed by atoms with van der Waals surface area (Å²) >= 11 is 3.23. The standard InChI is InChI=1S/C13H8BrFN4O/c14-8-1-6-11(12(7-8)18-19-16)13(20)17-10-4-2-9(15)3-5-10/h1-7H,(H,17,20). The Kier molecular flexibility index (Phi) is 4.34. The van der Waals surface area contributed by atoms with Crippen LogP contribution in [0.25, 0.3) is 10.4 Å². The lowest BCUT2D eigenvalue weighted by Gasteiger charge is -2.07. The molecule has 20 heavy (non-hydrogen) atoms. The Morgan fingerprint density at radius 3 is 2.60 bits per heavy atom. The first-order chi connectivity index (χ1) is 9.60. The summed E-state index contributed by atoms with van der Waals surface area (Å²) in [6, 6.07) is 10.1. The summed E-state index contributed by atoms with van der Waals surface area (Å²) in [6.07, 6.45) is 0. The molecule has 0 bridgehead atoms. The molecule has 0 unspecified atom stereocenters. The molecule has 0 fully saturated rings. The van der Waals surface area contributed by atoms with Crippen LogP contribution in [0.5, 0.6) is 0 Å². The van der Waals surface area contributed by atoms with Gasteiger partial charge in [-0.25, -0.2) is 4.39 Å². The second-order valence-corrected chi connectivity index (χ2v) is 4.73. The third-order valence-electron chi connectivity index (χ3n) is 2.46. The molecule has 0 aliphatic rings. The van der Waals surface area contributed by atoms with Gasteiger partial charge in [-0.1, -0.05) is 21.0 Å². The molecule has 2 aromatic rings. The van der Waals surface area contributed by atoms with Crippen LogP contribution in [0.15, 0.2) is 52.1 Å². The number of azide groups is 1. The highest BCUT2D eigenvalue weighted by molar-refractivity contribution is 9.10. The summed E-state index contributed by atoms with van der Waals surface area (Å²) in [5.41, 5.74) is 9.40. The van der Waals surface area contributed by atoms with Gasteiger partial charge >= 0.3 is 0 Å². The van der Waals surface area contributed by atoms with Crippen molar-refractivity contribution in [3.8, 4) is 0 Å². The molecular formula is C13H8BrFN4O. The first-order valence-corrected chi connectivity index (χ1v) is 6.31. The first kappa shape index (κ1) is 14.0. The number of carbonyl (C=O) groups is 1. The summed E-state index contributed by atoms with van der Waals surface area (Å²) in [5.74, 6) is -0.826. The van der Waals surface area contributed by atoms with Gasteiger partial charge < -0.3 is 5.32 Å². The fourth-order valence-corrected chi connectivity index (χ4v) is 1.91. The summed E-state index contributed by atoms with van der Waals surface area (Å²) in [5, 5.41) is 6.07. The summed E-state index contributed by atoms with van der Waals surface area (Å²) in [4.78, 5) is 14.8. The third kappa shape index (κ3) is 3.34. The van der Waals surface area contributed by atoms with E-state index in [0.29, 0.717) is 10.2 Å². The number of amides is 1. The first-order valence-electron chi connectivity index (χ1n) is 5.52.